The Labute approximate surface area is 134 Å². The summed E-state index contributed by atoms with van der Waals surface area (Å²) in [6.45, 7) is 7.22. The third-order valence-corrected chi connectivity index (χ3v) is 4.45. The number of hydrogen-bond donors (Lipinski definition) is 0. The lowest BCUT2D eigenvalue weighted by Gasteiger charge is -2.40. The zero-order chi connectivity index (χ0) is 15.2. The molecule has 0 aromatic heterocycles. The third-order valence-electron chi connectivity index (χ3n) is 4.00. The number of hydrogen-bond acceptors (Lipinski definition) is 2. The summed E-state index contributed by atoms with van der Waals surface area (Å²) in [7, 11) is 0. The molecule has 0 atom stereocenters. The lowest BCUT2D eigenvalue weighted by molar-refractivity contribution is 0.00819. The Balaban J connectivity index is 1.62. The molecule has 1 aliphatic carbocycles. The Bertz CT molecular complexity index is 554. The van der Waals surface area contributed by atoms with Crippen LogP contribution in [0.25, 0.3) is 0 Å². The first kappa shape index (κ1) is 14.9. The molecule has 114 valence electrons. The lowest BCUT2D eigenvalue weighted by atomic mass is 9.90. The predicted octanol–water partition coefficient (Wildman–Crippen LogP) is 4.66. The highest BCUT2D eigenvalue weighted by atomic mass is 79.9. The highest BCUT2D eigenvalue weighted by Gasteiger charge is 2.35. The molecular formula is C17H22BrNO2. The molecule has 0 spiro atoms. The van der Waals surface area contributed by atoms with Crippen LogP contribution >= 0.6 is 15.9 Å². The summed E-state index contributed by atoms with van der Waals surface area (Å²) in [5.41, 5.74) is 2.36. The summed E-state index contributed by atoms with van der Waals surface area (Å²) < 4.78 is 6.55. The maximum atomic E-state index is 12.0. The molecule has 1 saturated carbocycles. The average Bonchev–Trinajstić information content (AvgIpc) is 3.06. The Morgan fingerprint density at radius 2 is 1.71 bits per heavy atom. The first-order valence-electron chi connectivity index (χ1n) is 7.60. The van der Waals surface area contributed by atoms with Crippen LogP contribution in [0.15, 0.2) is 22.7 Å². The molecule has 3 rings (SSSR count). The van der Waals surface area contributed by atoms with Crippen molar-refractivity contribution < 1.29 is 9.53 Å². The van der Waals surface area contributed by atoms with Crippen LogP contribution in [0.4, 0.5) is 4.79 Å². The molecule has 0 radical (unpaired) electrons. The van der Waals surface area contributed by atoms with E-state index in [0.717, 1.165) is 23.5 Å². The molecule has 0 unspecified atom stereocenters. The van der Waals surface area contributed by atoms with Gasteiger partial charge in [0, 0.05) is 23.5 Å². The molecular weight excluding hydrogens is 330 g/mol. The van der Waals surface area contributed by atoms with Crippen LogP contribution in [0.2, 0.25) is 0 Å². The number of nitrogens with zero attached hydrogens (tertiary/aromatic N) is 1. The van der Waals surface area contributed by atoms with Gasteiger partial charge in [-0.05, 0) is 62.8 Å². The zero-order valence-electron chi connectivity index (χ0n) is 12.9. The van der Waals surface area contributed by atoms with E-state index in [-0.39, 0.29) is 6.09 Å². The summed E-state index contributed by atoms with van der Waals surface area (Å²) in [4.78, 5) is 13.7. The standard InChI is InChI=1S/C17H22BrNO2/c1-17(2,3)21-16(20)19-9-14(10-19)13-6-12(11-4-5-11)7-15(18)8-13/h6-8,11,14H,4-5,9-10H2,1-3H3. The zero-order valence-corrected chi connectivity index (χ0v) is 14.4. The van der Waals surface area contributed by atoms with Crippen molar-refractivity contribution in [1.29, 1.82) is 0 Å². The molecule has 0 N–H and O–H groups in total. The topological polar surface area (TPSA) is 29.5 Å². The fraction of sp³-hybridized carbons (Fsp3) is 0.588. The van der Waals surface area contributed by atoms with Crippen molar-refractivity contribution in [3.8, 4) is 0 Å². The Hall–Kier alpha value is -1.03. The second kappa shape index (κ2) is 5.31. The van der Waals surface area contributed by atoms with E-state index in [1.807, 2.05) is 20.8 Å². The van der Waals surface area contributed by atoms with Gasteiger partial charge in [-0.25, -0.2) is 4.79 Å². The molecule has 1 aromatic carbocycles. The monoisotopic (exact) mass is 351 g/mol. The number of carbonyl (C=O) groups is 1. The molecule has 2 fully saturated rings. The van der Waals surface area contributed by atoms with Crippen molar-refractivity contribution in [1.82, 2.24) is 4.90 Å². The highest BCUT2D eigenvalue weighted by Crippen LogP contribution is 2.42. The lowest BCUT2D eigenvalue weighted by Crippen LogP contribution is -2.50. The van der Waals surface area contributed by atoms with Gasteiger partial charge >= 0.3 is 6.09 Å². The highest BCUT2D eigenvalue weighted by molar-refractivity contribution is 9.10. The normalized spacial score (nSPS) is 19.3. The molecule has 0 bridgehead atoms. The van der Waals surface area contributed by atoms with Crippen LogP contribution in [-0.2, 0) is 4.74 Å². The van der Waals surface area contributed by atoms with E-state index in [9.17, 15) is 4.79 Å². The minimum Gasteiger partial charge on any atom is -0.444 e. The average molecular weight is 352 g/mol. The molecule has 4 heteroatoms. The summed E-state index contributed by atoms with van der Waals surface area (Å²) >= 11 is 3.61. The maximum absolute atomic E-state index is 12.0. The van der Waals surface area contributed by atoms with Crippen molar-refractivity contribution in [3.05, 3.63) is 33.8 Å². The Morgan fingerprint density at radius 1 is 1.14 bits per heavy atom. The minimum atomic E-state index is -0.420. The van der Waals surface area contributed by atoms with Crippen LogP contribution in [-0.4, -0.2) is 29.7 Å². The third kappa shape index (κ3) is 3.60. The number of halogens is 1. The van der Waals surface area contributed by atoms with Gasteiger partial charge in [0.1, 0.15) is 5.60 Å². The van der Waals surface area contributed by atoms with Gasteiger partial charge in [0.05, 0.1) is 0 Å². The van der Waals surface area contributed by atoms with Crippen molar-refractivity contribution in [2.45, 2.75) is 51.0 Å². The summed E-state index contributed by atoms with van der Waals surface area (Å²) in [5.74, 6) is 1.19. The van der Waals surface area contributed by atoms with E-state index in [0.29, 0.717) is 5.92 Å². The summed E-state index contributed by atoms with van der Waals surface area (Å²) in [6.07, 6.45) is 2.42. The number of likely N-dealkylation sites (tertiary alicyclic amines) is 1. The van der Waals surface area contributed by atoms with Crippen LogP contribution in [0.5, 0.6) is 0 Å². The van der Waals surface area contributed by atoms with Gasteiger partial charge in [-0.2, -0.15) is 0 Å². The van der Waals surface area contributed by atoms with Gasteiger partial charge in [-0.15, -0.1) is 0 Å². The van der Waals surface area contributed by atoms with Gasteiger partial charge in [0.2, 0.25) is 0 Å². The molecule has 1 amide bonds. The SMILES string of the molecule is CC(C)(C)OC(=O)N1CC(c2cc(Br)cc(C3CC3)c2)C1. The van der Waals surface area contributed by atoms with Crippen LogP contribution in [0, 0.1) is 0 Å². The first-order valence-corrected chi connectivity index (χ1v) is 8.39. The van der Waals surface area contributed by atoms with Crippen LogP contribution in [0.1, 0.15) is 56.6 Å². The number of ether oxygens (including phenoxy) is 1. The molecule has 2 aliphatic rings. The smallest absolute Gasteiger partial charge is 0.410 e. The van der Waals surface area contributed by atoms with Gasteiger partial charge in [-0.1, -0.05) is 22.0 Å². The fourth-order valence-electron chi connectivity index (χ4n) is 2.69. The summed E-state index contributed by atoms with van der Waals surface area (Å²) in [5, 5.41) is 0. The van der Waals surface area contributed by atoms with Crippen LogP contribution < -0.4 is 0 Å². The molecule has 1 saturated heterocycles. The van der Waals surface area contributed by atoms with Crippen molar-refractivity contribution in [2.24, 2.45) is 0 Å². The van der Waals surface area contributed by atoms with E-state index in [1.165, 1.54) is 24.0 Å². The Kier molecular flexibility index (Phi) is 3.76. The number of carbonyl (C=O) groups excluding carboxylic acids is 1. The molecule has 1 heterocycles. The number of amides is 1. The van der Waals surface area contributed by atoms with Gasteiger partial charge < -0.3 is 9.64 Å². The van der Waals surface area contributed by atoms with Gasteiger partial charge in [0.15, 0.2) is 0 Å². The quantitative estimate of drug-likeness (QED) is 0.775. The maximum Gasteiger partial charge on any atom is 0.410 e. The van der Waals surface area contributed by atoms with Crippen molar-refractivity contribution in [3.63, 3.8) is 0 Å². The minimum absolute atomic E-state index is 0.198. The molecule has 1 aromatic rings. The Morgan fingerprint density at radius 3 is 2.24 bits per heavy atom. The second-order valence-electron chi connectivity index (χ2n) is 7.17. The predicted molar refractivity (Wildman–Crippen MR) is 86.7 cm³/mol. The van der Waals surface area contributed by atoms with E-state index >= 15 is 0 Å². The molecule has 1 aliphatic heterocycles. The van der Waals surface area contributed by atoms with Crippen molar-refractivity contribution in [2.75, 3.05) is 13.1 Å². The van der Waals surface area contributed by atoms with Gasteiger partial charge in [-0.3, -0.25) is 0 Å². The molecule has 21 heavy (non-hydrogen) atoms. The number of rotatable bonds is 2. The van der Waals surface area contributed by atoms with E-state index < -0.39 is 5.60 Å². The molecule has 3 nitrogen and oxygen atoms in total. The van der Waals surface area contributed by atoms with Gasteiger partial charge in [0.25, 0.3) is 0 Å². The number of benzene rings is 1. The summed E-state index contributed by atoms with van der Waals surface area (Å²) in [6, 6.07) is 6.73. The fourth-order valence-corrected chi connectivity index (χ4v) is 3.22. The van der Waals surface area contributed by atoms with Crippen molar-refractivity contribution >= 4 is 22.0 Å². The van der Waals surface area contributed by atoms with E-state index in [2.05, 4.69) is 34.1 Å². The van der Waals surface area contributed by atoms with E-state index in [4.69, 9.17) is 4.74 Å². The van der Waals surface area contributed by atoms with E-state index in [1.54, 1.807) is 4.90 Å². The second-order valence-corrected chi connectivity index (χ2v) is 8.09. The first-order chi connectivity index (χ1) is 9.82. The van der Waals surface area contributed by atoms with Crippen LogP contribution in [0.3, 0.4) is 0 Å². The largest absolute Gasteiger partial charge is 0.444 e.